The summed E-state index contributed by atoms with van der Waals surface area (Å²) in [5.41, 5.74) is 0.705. The van der Waals surface area contributed by atoms with E-state index in [0.29, 0.717) is 31.0 Å². The molecule has 2 heterocycles. The summed E-state index contributed by atoms with van der Waals surface area (Å²) in [7, 11) is 0. The van der Waals surface area contributed by atoms with E-state index in [-0.39, 0.29) is 21.9 Å². The van der Waals surface area contributed by atoms with Crippen LogP contribution >= 0.6 is 11.6 Å². The molecule has 0 aliphatic carbocycles. The summed E-state index contributed by atoms with van der Waals surface area (Å²) < 4.78 is 33.1. The molecular weight excluding hydrogens is 362 g/mol. The Labute approximate surface area is 156 Å². The minimum absolute atomic E-state index is 0.0931. The molecule has 1 aliphatic rings. The van der Waals surface area contributed by atoms with Crippen molar-refractivity contribution in [1.82, 2.24) is 4.98 Å². The molecule has 1 aromatic carbocycles. The Morgan fingerprint density at radius 3 is 2.92 bits per heavy atom. The van der Waals surface area contributed by atoms with Gasteiger partial charge in [0.2, 0.25) is 0 Å². The molecule has 0 spiro atoms. The summed E-state index contributed by atoms with van der Waals surface area (Å²) in [6, 6.07) is 1.49. The number of aromatic nitrogens is 1. The van der Waals surface area contributed by atoms with Crippen LogP contribution in [0.25, 0.3) is 10.9 Å². The number of halogens is 3. The fourth-order valence-electron chi connectivity index (χ4n) is 3.31. The molecule has 0 N–H and O–H groups in total. The van der Waals surface area contributed by atoms with E-state index in [4.69, 9.17) is 16.3 Å². The SMILES string of the molecule is CCCCOC(=O)C1CCCN1c1nc2cc(F)cc(F)c2c(Cl)c1C. The normalized spacial score (nSPS) is 17.1. The number of hydrogen-bond donors (Lipinski definition) is 0. The second-order valence-electron chi connectivity index (χ2n) is 6.53. The number of ether oxygens (including phenoxy) is 1. The molecule has 1 fully saturated rings. The Kier molecular flexibility index (Phi) is 5.61. The number of benzene rings is 1. The summed E-state index contributed by atoms with van der Waals surface area (Å²) in [4.78, 5) is 18.7. The van der Waals surface area contributed by atoms with Crippen LogP contribution in [-0.4, -0.2) is 30.1 Å². The second-order valence-corrected chi connectivity index (χ2v) is 6.91. The lowest BCUT2D eigenvalue weighted by molar-refractivity contribution is -0.145. The highest BCUT2D eigenvalue weighted by atomic mass is 35.5. The van der Waals surface area contributed by atoms with Crippen molar-refractivity contribution in [1.29, 1.82) is 0 Å². The van der Waals surface area contributed by atoms with Gasteiger partial charge in [-0.15, -0.1) is 0 Å². The molecule has 7 heteroatoms. The molecule has 0 amide bonds. The van der Waals surface area contributed by atoms with Gasteiger partial charge in [-0.05, 0) is 26.2 Å². The van der Waals surface area contributed by atoms with Crippen molar-refractivity contribution in [3.05, 3.63) is 34.4 Å². The van der Waals surface area contributed by atoms with E-state index >= 15 is 0 Å². The smallest absolute Gasteiger partial charge is 0.328 e. The van der Waals surface area contributed by atoms with Crippen molar-refractivity contribution in [3.63, 3.8) is 0 Å². The zero-order chi connectivity index (χ0) is 18.8. The second kappa shape index (κ2) is 7.74. The van der Waals surface area contributed by atoms with Crippen molar-refractivity contribution < 1.29 is 18.3 Å². The standard InChI is InChI=1S/C19H21ClF2N2O2/c1-3-4-8-26-19(25)15-6-5-7-24(15)18-11(2)17(20)16-13(22)9-12(21)10-14(16)23-18/h9-10,15H,3-8H2,1-2H3. The van der Waals surface area contributed by atoms with Gasteiger partial charge < -0.3 is 9.64 Å². The first-order chi connectivity index (χ1) is 12.4. The Bertz CT molecular complexity index is 844. The van der Waals surface area contributed by atoms with Crippen LogP contribution in [0.15, 0.2) is 12.1 Å². The van der Waals surface area contributed by atoms with Gasteiger partial charge in [0.1, 0.15) is 23.5 Å². The number of carbonyl (C=O) groups is 1. The number of pyridine rings is 1. The van der Waals surface area contributed by atoms with Gasteiger partial charge in [-0.25, -0.2) is 18.6 Å². The first kappa shape index (κ1) is 18.8. The summed E-state index contributed by atoms with van der Waals surface area (Å²) >= 11 is 6.35. The first-order valence-electron chi connectivity index (χ1n) is 8.82. The first-order valence-corrected chi connectivity index (χ1v) is 9.20. The summed E-state index contributed by atoms with van der Waals surface area (Å²) in [5, 5.41) is 0.281. The van der Waals surface area contributed by atoms with E-state index in [1.165, 1.54) is 0 Å². The molecule has 1 unspecified atom stereocenters. The van der Waals surface area contributed by atoms with E-state index in [9.17, 15) is 13.6 Å². The predicted molar refractivity (Wildman–Crippen MR) is 97.6 cm³/mol. The molecule has 1 aliphatic heterocycles. The van der Waals surface area contributed by atoms with Crippen molar-refractivity contribution in [2.45, 2.75) is 45.6 Å². The van der Waals surface area contributed by atoms with Gasteiger partial charge in [-0.1, -0.05) is 24.9 Å². The van der Waals surface area contributed by atoms with Crippen LogP contribution in [0, 0.1) is 18.6 Å². The monoisotopic (exact) mass is 382 g/mol. The Morgan fingerprint density at radius 1 is 1.42 bits per heavy atom. The van der Waals surface area contributed by atoms with E-state index < -0.39 is 17.7 Å². The molecule has 0 radical (unpaired) electrons. The summed E-state index contributed by atoms with van der Waals surface area (Å²) in [6.07, 6.45) is 3.22. The van der Waals surface area contributed by atoms with Gasteiger partial charge in [0, 0.05) is 24.2 Å². The molecule has 4 nitrogen and oxygen atoms in total. The van der Waals surface area contributed by atoms with Crippen LogP contribution in [-0.2, 0) is 9.53 Å². The molecule has 1 aromatic heterocycles. The number of esters is 1. The molecule has 3 rings (SSSR count). The predicted octanol–water partition coefficient (Wildman–Crippen LogP) is 4.79. The number of anilines is 1. The number of carbonyl (C=O) groups excluding carboxylic acids is 1. The minimum atomic E-state index is -0.746. The topological polar surface area (TPSA) is 42.4 Å². The fraction of sp³-hybridized carbons (Fsp3) is 0.474. The quantitative estimate of drug-likeness (QED) is 0.551. The zero-order valence-corrected chi connectivity index (χ0v) is 15.6. The Hall–Kier alpha value is -1.95. The molecular formula is C19H21ClF2N2O2. The van der Waals surface area contributed by atoms with E-state index in [1.54, 1.807) is 6.92 Å². The van der Waals surface area contributed by atoms with Crippen molar-refractivity contribution in [3.8, 4) is 0 Å². The maximum absolute atomic E-state index is 14.1. The van der Waals surface area contributed by atoms with Crippen LogP contribution in [0.3, 0.4) is 0 Å². The van der Waals surface area contributed by atoms with Crippen molar-refractivity contribution in [2.75, 3.05) is 18.1 Å². The highest BCUT2D eigenvalue weighted by Crippen LogP contribution is 2.36. The summed E-state index contributed by atoms with van der Waals surface area (Å²) in [5.74, 6) is -1.28. The number of hydrogen-bond acceptors (Lipinski definition) is 4. The average Bonchev–Trinajstić information content (AvgIpc) is 3.07. The average molecular weight is 383 g/mol. The Balaban J connectivity index is 1.98. The lowest BCUT2D eigenvalue weighted by Crippen LogP contribution is -2.38. The maximum atomic E-state index is 14.1. The molecule has 1 saturated heterocycles. The molecule has 1 atom stereocenters. The zero-order valence-electron chi connectivity index (χ0n) is 14.8. The van der Waals surface area contributed by atoms with Crippen molar-refractivity contribution in [2.24, 2.45) is 0 Å². The molecule has 0 saturated carbocycles. The number of unbranched alkanes of at least 4 members (excludes halogenated alkanes) is 1. The van der Waals surface area contributed by atoms with E-state index in [0.717, 1.165) is 31.4 Å². The lowest BCUT2D eigenvalue weighted by atomic mass is 10.1. The third-order valence-corrected chi connectivity index (χ3v) is 5.16. The largest absolute Gasteiger partial charge is 0.464 e. The third-order valence-electron chi connectivity index (χ3n) is 4.68. The van der Waals surface area contributed by atoms with Crippen LogP contribution in [0.5, 0.6) is 0 Å². The molecule has 2 aromatic rings. The lowest BCUT2D eigenvalue weighted by Gasteiger charge is -2.26. The highest BCUT2D eigenvalue weighted by molar-refractivity contribution is 6.36. The van der Waals surface area contributed by atoms with Gasteiger partial charge in [0.15, 0.2) is 0 Å². The van der Waals surface area contributed by atoms with Gasteiger partial charge in [0.05, 0.1) is 22.5 Å². The number of nitrogens with zero attached hydrogens (tertiary/aromatic N) is 2. The van der Waals surface area contributed by atoms with Gasteiger partial charge in [-0.2, -0.15) is 0 Å². The van der Waals surface area contributed by atoms with E-state index in [2.05, 4.69) is 4.98 Å². The summed E-state index contributed by atoms with van der Waals surface area (Å²) in [6.45, 7) is 4.75. The minimum Gasteiger partial charge on any atom is -0.464 e. The molecule has 26 heavy (non-hydrogen) atoms. The van der Waals surface area contributed by atoms with Gasteiger partial charge >= 0.3 is 5.97 Å². The Morgan fingerprint density at radius 2 is 2.19 bits per heavy atom. The molecule has 140 valence electrons. The highest BCUT2D eigenvalue weighted by Gasteiger charge is 2.34. The number of fused-ring (bicyclic) bond motifs is 1. The number of rotatable bonds is 5. The van der Waals surface area contributed by atoms with Crippen LogP contribution < -0.4 is 4.90 Å². The van der Waals surface area contributed by atoms with Crippen LogP contribution in [0.1, 0.15) is 38.2 Å². The molecule has 0 bridgehead atoms. The van der Waals surface area contributed by atoms with Crippen LogP contribution in [0.4, 0.5) is 14.6 Å². The fourth-order valence-corrected chi connectivity index (χ4v) is 3.58. The van der Waals surface area contributed by atoms with Crippen LogP contribution in [0.2, 0.25) is 5.02 Å². The van der Waals surface area contributed by atoms with Gasteiger partial charge in [0.25, 0.3) is 0 Å². The maximum Gasteiger partial charge on any atom is 0.328 e. The van der Waals surface area contributed by atoms with Crippen molar-refractivity contribution >= 4 is 34.3 Å². The van der Waals surface area contributed by atoms with Gasteiger partial charge in [-0.3, -0.25) is 0 Å². The van der Waals surface area contributed by atoms with E-state index in [1.807, 2.05) is 11.8 Å². The third kappa shape index (κ3) is 3.47.